The number of nitrogens with one attached hydrogen (secondary N) is 2. The van der Waals surface area contributed by atoms with Crippen molar-refractivity contribution in [3.63, 3.8) is 0 Å². The molecule has 0 amide bonds. The Labute approximate surface area is 104 Å². The van der Waals surface area contributed by atoms with E-state index in [0.717, 1.165) is 10.9 Å². The fourth-order valence-electron chi connectivity index (χ4n) is 1.85. The van der Waals surface area contributed by atoms with Gasteiger partial charge in [0.15, 0.2) is 0 Å². The van der Waals surface area contributed by atoms with Gasteiger partial charge < -0.3 is 15.4 Å². The van der Waals surface area contributed by atoms with E-state index in [1.807, 2.05) is 13.1 Å². The molecule has 0 bridgehead atoms. The fraction of sp³-hybridized carbons (Fsp3) is 0.250. The Morgan fingerprint density at radius 2 is 2.18 bits per heavy atom. The summed E-state index contributed by atoms with van der Waals surface area (Å²) in [4.78, 5) is 13.9. The van der Waals surface area contributed by atoms with Crippen LogP contribution in [-0.2, 0) is 0 Å². The van der Waals surface area contributed by atoms with Crippen LogP contribution in [-0.4, -0.2) is 23.7 Å². The van der Waals surface area contributed by atoms with Crippen LogP contribution >= 0.6 is 12.6 Å². The van der Waals surface area contributed by atoms with Crippen molar-refractivity contribution in [2.75, 3.05) is 13.6 Å². The summed E-state index contributed by atoms with van der Waals surface area (Å²) in [6, 6.07) is 6.56. The number of hydrogen-bond acceptors (Lipinski definition) is 4. The molecule has 0 radical (unpaired) electrons. The molecule has 1 atom stereocenters. The minimum absolute atomic E-state index is 0.00834. The zero-order valence-corrected chi connectivity index (χ0v) is 10.3. The smallest absolute Gasteiger partial charge is 0.248 e. The molecule has 90 valence electrons. The van der Waals surface area contributed by atoms with E-state index >= 15 is 0 Å². The third kappa shape index (κ3) is 2.30. The average Bonchev–Trinajstić information content (AvgIpc) is 2.30. The number of aromatic amines is 1. The van der Waals surface area contributed by atoms with Gasteiger partial charge in [0.2, 0.25) is 5.56 Å². The van der Waals surface area contributed by atoms with Crippen LogP contribution in [0.2, 0.25) is 0 Å². The molecule has 0 aliphatic carbocycles. The molecule has 0 aliphatic rings. The topological polar surface area (TPSA) is 65.1 Å². The van der Waals surface area contributed by atoms with Crippen molar-refractivity contribution in [1.29, 1.82) is 0 Å². The van der Waals surface area contributed by atoms with Crippen LogP contribution in [0.5, 0.6) is 5.75 Å². The Bertz CT molecular complexity index is 595. The van der Waals surface area contributed by atoms with E-state index in [9.17, 15) is 9.90 Å². The lowest BCUT2D eigenvalue weighted by Crippen LogP contribution is -2.14. The van der Waals surface area contributed by atoms with Gasteiger partial charge >= 0.3 is 0 Å². The number of aromatic hydroxyl groups is 1. The summed E-state index contributed by atoms with van der Waals surface area (Å²) in [5.74, 6) is 0.0754. The molecule has 4 nitrogen and oxygen atoms in total. The number of phenolic OH excluding ortho intramolecular Hbond substituents is 1. The molecule has 0 saturated heterocycles. The van der Waals surface area contributed by atoms with Crippen LogP contribution in [0.15, 0.2) is 29.1 Å². The summed E-state index contributed by atoms with van der Waals surface area (Å²) in [5.41, 5.74) is 1.21. The predicted octanol–water partition coefficient (Wildman–Crippen LogP) is 1.42. The van der Waals surface area contributed by atoms with Gasteiger partial charge in [-0.15, -0.1) is 0 Å². The summed E-state index contributed by atoms with van der Waals surface area (Å²) in [5, 5.41) is 13.6. The lowest BCUT2D eigenvalue weighted by molar-refractivity contribution is 0.480. The lowest BCUT2D eigenvalue weighted by Gasteiger charge is -2.13. The maximum absolute atomic E-state index is 11.2. The molecule has 0 saturated carbocycles. The molecule has 0 fully saturated rings. The molecule has 1 heterocycles. The summed E-state index contributed by atoms with van der Waals surface area (Å²) in [6.07, 6.45) is 0. The van der Waals surface area contributed by atoms with Crippen molar-refractivity contribution in [2.24, 2.45) is 0 Å². The van der Waals surface area contributed by atoms with Crippen molar-refractivity contribution in [1.82, 2.24) is 10.3 Å². The largest absolute Gasteiger partial charge is 0.506 e. The van der Waals surface area contributed by atoms with Gasteiger partial charge in [0.1, 0.15) is 5.75 Å². The van der Waals surface area contributed by atoms with E-state index in [1.165, 1.54) is 6.07 Å². The predicted molar refractivity (Wildman–Crippen MR) is 71.9 cm³/mol. The quantitative estimate of drug-likeness (QED) is 0.623. The zero-order chi connectivity index (χ0) is 12.4. The summed E-state index contributed by atoms with van der Waals surface area (Å²) in [6.45, 7) is 0.710. The molecule has 3 N–H and O–H groups in total. The molecule has 1 aromatic carbocycles. The molecule has 2 aromatic rings. The van der Waals surface area contributed by atoms with E-state index in [1.54, 1.807) is 12.1 Å². The SMILES string of the molecule is CNCC(S)c1ccc(O)c2[nH]c(=O)ccc12. The average molecular weight is 250 g/mol. The van der Waals surface area contributed by atoms with Gasteiger partial charge in [-0.1, -0.05) is 6.07 Å². The first kappa shape index (κ1) is 12.0. The third-order valence-electron chi connectivity index (χ3n) is 2.66. The minimum Gasteiger partial charge on any atom is -0.506 e. The number of rotatable bonds is 3. The number of phenols is 1. The Balaban J connectivity index is 2.66. The van der Waals surface area contributed by atoms with Crippen LogP contribution in [0.1, 0.15) is 10.8 Å². The van der Waals surface area contributed by atoms with Crippen molar-refractivity contribution in [2.45, 2.75) is 5.25 Å². The number of thiol groups is 1. The van der Waals surface area contributed by atoms with Gasteiger partial charge in [0.25, 0.3) is 0 Å². The van der Waals surface area contributed by atoms with Gasteiger partial charge in [-0.25, -0.2) is 0 Å². The van der Waals surface area contributed by atoms with Gasteiger partial charge in [0, 0.05) is 23.2 Å². The van der Waals surface area contributed by atoms with E-state index in [-0.39, 0.29) is 16.6 Å². The van der Waals surface area contributed by atoms with E-state index in [2.05, 4.69) is 22.9 Å². The van der Waals surface area contributed by atoms with Crippen molar-refractivity contribution >= 4 is 23.5 Å². The third-order valence-corrected chi connectivity index (χ3v) is 3.12. The van der Waals surface area contributed by atoms with Crippen LogP contribution in [0, 0.1) is 0 Å². The number of benzene rings is 1. The van der Waals surface area contributed by atoms with E-state index < -0.39 is 0 Å². The Hall–Kier alpha value is -1.46. The molecule has 1 aromatic heterocycles. The zero-order valence-electron chi connectivity index (χ0n) is 9.40. The highest BCUT2D eigenvalue weighted by molar-refractivity contribution is 7.80. The highest BCUT2D eigenvalue weighted by Crippen LogP contribution is 2.30. The van der Waals surface area contributed by atoms with Crippen LogP contribution in [0.4, 0.5) is 0 Å². The van der Waals surface area contributed by atoms with Crippen LogP contribution in [0.3, 0.4) is 0 Å². The monoisotopic (exact) mass is 250 g/mol. The minimum atomic E-state index is -0.228. The number of aromatic nitrogens is 1. The second kappa shape index (κ2) is 4.81. The van der Waals surface area contributed by atoms with Crippen LogP contribution < -0.4 is 10.9 Å². The van der Waals surface area contributed by atoms with E-state index in [4.69, 9.17) is 0 Å². The maximum Gasteiger partial charge on any atom is 0.248 e. The van der Waals surface area contributed by atoms with Gasteiger partial charge in [-0.2, -0.15) is 12.6 Å². The normalized spacial score (nSPS) is 12.8. The van der Waals surface area contributed by atoms with Crippen LogP contribution in [0.25, 0.3) is 10.9 Å². The molecular formula is C12H14N2O2S. The molecule has 2 rings (SSSR count). The fourth-order valence-corrected chi connectivity index (χ4v) is 2.26. The molecule has 0 aliphatic heterocycles. The summed E-state index contributed by atoms with van der Waals surface area (Å²) in [7, 11) is 1.85. The number of H-pyrrole nitrogens is 1. The number of fused-ring (bicyclic) bond motifs is 1. The van der Waals surface area contributed by atoms with Gasteiger partial charge in [-0.05, 0) is 24.7 Å². The first-order valence-corrected chi connectivity index (χ1v) is 5.82. The second-order valence-electron chi connectivity index (χ2n) is 3.86. The maximum atomic E-state index is 11.2. The molecule has 17 heavy (non-hydrogen) atoms. The van der Waals surface area contributed by atoms with E-state index in [0.29, 0.717) is 12.1 Å². The second-order valence-corrected chi connectivity index (χ2v) is 4.48. The van der Waals surface area contributed by atoms with Gasteiger partial charge in [0.05, 0.1) is 5.52 Å². The highest BCUT2D eigenvalue weighted by Gasteiger charge is 2.12. The number of hydrogen-bond donors (Lipinski definition) is 4. The molecule has 1 unspecified atom stereocenters. The standard InChI is InChI=1S/C12H14N2O2S/c1-13-6-10(17)7-2-4-9(15)12-8(7)3-5-11(16)14-12/h2-5,10,13,15,17H,6H2,1H3,(H,14,16). The van der Waals surface area contributed by atoms with Crippen molar-refractivity contribution in [3.8, 4) is 5.75 Å². The Morgan fingerprint density at radius 1 is 1.41 bits per heavy atom. The lowest BCUT2D eigenvalue weighted by atomic mass is 10.0. The number of likely N-dealkylation sites (N-methyl/N-ethyl adjacent to an activating group) is 1. The molecule has 0 spiro atoms. The van der Waals surface area contributed by atoms with Gasteiger partial charge in [-0.3, -0.25) is 4.79 Å². The Morgan fingerprint density at radius 3 is 2.88 bits per heavy atom. The Kier molecular flexibility index (Phi) is 3.40. The van der Waals surface area contributed by atoms with Crippen molar-refractivity contribution in [3.05, 3.63) is 40.2 Å². The first-order valence-electron chi connectivity index (χ1n) is 5.31. The summed E-state index contributed by atoms with van der Waals surface area (Å²) < 4.78 is 0. The highest BCUT2D eigenvalue weighted by atomic mass is 32.1. The summed E-state index contributed by atoms with van der Waals surface area (Å²) >= 11 is 4.50. The number of pyridine rings is 1. The molecular weight excluding hydrogens is 236 g/mol. The first-order chi connectivity index (χ1) is 8.13. The molecule has 5 heteroatoms. The van der Waals surface area contributed by atoms with Crippen molar-refractivity contribution < 1.29 is 5.11 Å².